The summed E-state index contributed by atoms with van der Waals surface area (Å²) in [6.07, 6.45) is 1.40. The zero-order chi connectivity index (χ0) is 12.0. The molecule has 0 amide bonds. The molecule has 16 heavy (non-hydrogen) atoms. The lowest BCUT2D eigenvalue weighted by molar-refractivity contribution is -0.146. The second-order valence-corrected chi connectivity index (χ2v) is 3.77. The number of benzene rings is 1. The van der Waals surface area contributed by atoms with Gasteiger partial charge in [-0.15, -0.1) is 0 Å². The normalized spacial score (nSPS) is 10.9. The van der Waals surface area contributed by atoms with Crippen molar-refractivity contribution in [1.29, 1.82) is 0 Å². The van der Waals surface area contributed by atoms with E-state index in [1.165, 1.54) is 7.11 Å². The Labute approximate surface area is 96.8 Å². The molecule has 0 heterocycles. The number of esters is 1. The predicted molar refractivity (Wildman–Crippen MR) is 65.4 cm³/mol. The number of nitrogens with one attached hydrogen (secondary N) is 1. The lowest BCUT2D eigenvalue weighted by Crippen LogP contribution is -2.46. The summed E-state index contributed by atoms with van der Waals surface area (Å²) in [6, 6.07) is 9.72. The first-order chi connectivity index (χ1) is 7.68. The van der Waals surface area contributed by atoms with Crippen molar-refractivity contribution in [1.82, 2.24) is 0 Å². The smallest absolute Gasteiger partial charge is 0.331 e. The van der Waals surface area contributed by atoms with E-state index < -0.39 is 5.54 Å². The highest BCUT2D eigenvalue weighted by atomic mass is 16.5. The highest BCUT2D eigenvalue weighted by Gasteiger charge is 2.35. The Bertz CT molecular complexity index is 331. The number of hydrogen-bond donors (Lipinski definition) is 1. The summed E-state index contributed by atoms with van der Waals surface area (Å²) in [5.41, 5.74) is 0.326. The Morgan fingerprint density at radius 2 is 1.81 bits per heavy atom. The molecule has 0 atom stereocenters. The van der Waals surface area contributed by atoms with E-state index in [0.29, 0.717) is 12.8 Å². The fourth-order valence-corrected chi connectivity index (χ4v) is 1.76. The average molecular weight is 221 g/mol. The molecule has 0 spiro atoms. The van der Waals surface area contributed by atoms with Crippen LogP contribution in [0.1, 0.15) is 26.7 Å². The molecular formula is C13H19NO2. The van der Waals surface area contributed by atoms with Gasteiger partial charge in [0.2, 0.25) is 0 Å². The van der Waals surface area contributed by atoms with Gasteiger partial charge in [-0.2, -0.15) is 0 Å². The molecule has 1 aromatic rings. The molecule has 0 radical (unpaired) electrons. The van der Waals surface area contributed by atoms with Crippen molar-refractivity contribution in [2.75, 3.05) is 12.4 Å². The summed E-state index contributed by atoms with van der Waals surface area (Å²) in [7, 11) is 1.43. The first-order valence-corrected chi connectivity index (χ1v) is 5.60. The van der Waals surface area contributed by atoms with Crippen LogP contribution in [-0.2, 0) is 9.53 Å². The van der Waals surface area contributed by atoms with Crippen molar-refractivity contribution in [3.63, 3.8) is 0 Å². The van der Waals surface area contributed by atoms with Crippen LogP contribution in [0.2, 0.25) is 0 Å². The predicted octanol–water partition coefficient (Wildman–Crippen LogP) is 2.83. The van der Waals surface area contributed by atoms with Gasteiger partial charge in [-0.05, 0) is 25.0 Å². The third-order valence-electron chi connectivity index (χ3n) is 2.94. The van der Waals surface area contributed by atoms with Gasteiger partial charge in [0.15, 0.2) is 0 Å². The molecule has 0 aliphatic rings. The minimum absolute atomic E-state index is 0.207. The fraction of sp³-hybridized carbons (Fsp3) is 0.462. The molecule has 0 bridgehead atoms. The molecule has 1 N–H and O–H groups in total. The number of carbonyl (C=O) groups excluding carboxylic acids is 1. The molecule has 0 aromatic heterocycles. The molecule has 0 saturated carbocycles. The van der Waals surface area contributed by atoms with Gasteiger partial charge in [0.05, 0.1) is 7.11 Å². The van der Waals surface area contributed by atoms with E-state index >= 15 is 0 Å². The quantitative estimate of drug-likeness (QED) is 0.777. The number of carbonyl (C=O) groups is 1. The molecule has 1 rings (SSSR count). The lowest BCUT2D eigenvalue weighted by atomic mass is 9.92. The average Bonchev–Trinajstić information content (AvgIpc) is 2.36. The number of methoxy groups -OCH3 is 1. The summed E-state index contributed by atoms with van der Waals surface area (Å²) in [5, 5.41) is 3.27. The summed E-state index contributed by atoms with van der Waals surface area (Å²) in [6.45, 7) is 3.96. The molecule has 0 fully saturated rings. The molecule has 1 aromatic carbocycles. The van der Waals surface area contributed by atoms with Crippen LogP contribution >= 0.6 is 0 Å². The van der Waals surface area contributed by atoms with Crippen molar-refractivity contribution in [2.24, 2.45) is 0 Å². The number of anilines is 1. The van der Waals surface area contributed by atoms with E-state index in [1.54, 1.807) is 0 Å². The summed E-state index contributed by atoms with van der Waals surface area (Å²) in [4.78, 5) is 11.8. The number of rotatable bonds is 5. The van der Waals surface area contributed by atoms with Gasteiger partial charge >= 0.3 is 5.97 Å². The molecule has 3 nitrogen and oxygen atoms in total. The van der Waals surface area contributed by atoms with Crippen molar-refractivity contribution in [3.8, 4) is 0 Å². The van der Waals surface area contributed by atoms with Crippen LogP contribution in [-0.4, -0.2) is 18.6 Å². The number of hydrogen-bond acceptors (Lipinski definition) is 3. The van der Waals surface area contributed by atoms with Gasteiger partial charge in [0.1, 0.15) is 5.54 Å². The maximum atomic E-state index is 11.8. The highest BCUT2D eigenvalue weighted by Crippen LogP contribution is 2.23. The molecule has 88 valence electrons. The molecule has 3 heteroatoms. The molecule has 0 aliphatic carbocycles. The van der Waals surface area contributed by atoms with Gasteiger partial charge in [-0.25, -0.2) is 4.79 Å². The standard InChI is InChI=1S/C13H19NO2/c1-4-13(5-2,12(15)16-3)14-11-9-7-6-8-10-11/h6-10,14H,4-5H2,1-3H3. The van der Waals surface area contributed by atoms with E-state index in [0.717, 1.165) is 5.69 Å². The summed E-state index contributed by atoms with van der Waals surface area (Å²) >= 11 is 0. The maximum Gasteiger partial charge on any atom is 0.331 e. The zero-order valence-electron chi connectivity index (χ0n) is 10.1. The monoisotopic (exact) mass is 221 g/mol. The van der Waals surface area contributed by atoms with E-state index in [2.05, 4.69) is 5.32 Å². The van der Waals surface area contributed by atoms with Crippen LogP contribution in [0.5, 0.6) is 0 Å². The number of ether oxygens (including phenoxy) is 1. The SMILES string of the molecule is CCC(CC)(Nc1ccccc1)C(=O)OC. The highest BCUT2D eigenvalue weighted by molar-refractivity contribution is 5.84. The third-order valence-corrected chi connectivity index (χ3v) is 2.94. The Morgan fingerprint density at radius 3 is 2.25 bits per heavy atom. The second kappa shape index (κ2) is 5.54. The van der Waals surface area contributed by atoms with Crippen LogP contribution in [0.4, 0.5) is 5.69 Å². The van der Waals surface area contributed by atoms with E-state index in [-0.39, 0.29) is 5.97 Å². The Kier molecular flexibility index (Phi) is 4.35. The van der Waals surface area contributed by atoms with Crippen molar-refractivity contribution >= 4 is 11.7 Å². The van der Waals surface area contributed by atoms with Crippen molar-refractivity contribution in [3.05, 3.63) is 30.3 Å². The van der Waals surface area contributed by atoms with Crippen LogP contribution in [0.15, 0.2) is 30.3 Å². The molecular weight excluding hydrogens is 202 g/mol. The van der Waals surface area contributed by atoms with Gasteiger partial charge < -0.3 is 10.1 Å². The summed E-state index contributed by atoms with van der Waals surface area (Å²) in [5.74, 6) is -0.207. The Morgan fingerprint density at radius 1 is 1.25 bits per heavy atom. The molecule has 0 saturated heterocycles. The van der Waals surface area contributed by atoms with Gasteiger partial charge in [0.25, 0.3) is 0 Å². The van der Waals surface area contributed by atoms with E-state index in [1.807, 2.05) is 44.2 Å². The van der Waals surface area contributed by atoms with E-state index in [4.69, 9.17) is 4.74 Å². The van der Waals surface area contributed by atoms with Crippen LogP contribution in [0, 0.1) is 0 Å². The van der Waals surface area contributed by atoms with Gasteiger partial charge in [0, 0.05) is 5.69 Å². The maximum absolute atomic E-state index is 11.8. The third kappa shape index (κ3) is 2.54. The van der Waals surface area contributed by atoms with Crippen LogP contribution < -0.4 is 5.32 Å². The second-order valence-electron chi connectivity index (χ2n) is 3.77. The zero-order valence-corrected chi connectivity index (χ0v) is 10.1. The molecule has 0 aliphatic heterocycles. The van der Waals surface area contributed by atoms with Gasteiger partial charge in [-0.3, -0.25) is 0 Å². The Balaban J connectivity index is 2.91. The van der Waals surface area contributed by atoms with Crippen molar-refractivity contribution < 1.29 is 9.53 Å². The van der Waals surface area contributed by atoms with Crippen LogP contribution in [0.25, 0.3) is 0 Å². The summed E-state index contributed by atoms with van der Waals surface area (Å²) < 4.78 is 4.87. The van der Waals surface area contributed by atoms with Crippen molar-refractivity contribution in [2.45, 2.75) is 32.2 Å². The minimum Gasteiger partial charge on any atom is -0.467 e. The molecule has 0 unspecified atom stereocenters. The minimum atomic E-state index is -0.615. The first-order valence-electron chi connectivity index (χ1n) is 5.60. The van der Waals surface area contributed by atoms with Crippen LogP contribution in [0.3, 0.4) is 0 Å². The first kappa shape index (κ1) is 12.6. The topological polar surface area (TPSA) is 38.3 Å². The largest absolute Gasteiger partial charge is 0.467 e. The van der Waals surface area contributed by atoms with Gasteiger partial charge in [-0.1, -0.05) is 32.0 Å². The van der Waals surface area contributed by atoms with E-state index in [9.17, 15) is 4.79 Å². The Hall–Kier alpha value is -1.51. The fourth-order valence-electron chi connectivity index (χ4n) is 1.76. The lowest BCUT2D eigenvalue weighted by Gasteiger charge is -2.30. The number of para-hydroxylation sites is 1.